The van der Waals surface area contributed by atoms with Gasteiger partial charge in [-0.3, -0.25) is 4.79 Å². The van der Waals surface area contributed by atoms with Crippen LogP contribution in [0.3, 0.4) is 0 Å². The summed E-state index contributed by atoms with van der Waals surface area (Å²) in [5, 5.41) is 11.4. The molecule has 0 spiro atoms. The Kier molecular flexibility index (Phi) is 6.99. The van der Waals surface area contributed by atoms with E-state index in [4.69, 9.17) is 0 Å². The van der Waals surface area contributed by atoms with Gasteiger partial charge in [-0.25, -0.2) is 0 Å². The Bertz CT molecular complexity index is 425. The molecule has 1 rings (SSSR count). The van der Waals surface area contributed by atoms with Crippen LogP contribution >= 0.6 is 0 Å². The van der Waals surface area contributed by atoms with Gasteiger partial charge >= 0.3 is 0 Å². The number of carboxylic acid groups (broad SMARTS) is 1. The molecule has 2 unspecified atom stereocenters. The number of aliphatic carboxylic acids is 1. The lowest BCUT2D eigenvalue weighted by Gasteiger charge is -2.26. The monoisotopic (exact) mass is 275 g/mol. The molecule has 110 valence electrons. The number of hydrogen-bond donors (Lipinski definition) is 0. The predicted octanol–water partition coefficient (Wildman–Crippen LogP) is 2.84. The number of benzene rings is 1. The van der Waals surface area contributed by atoms with E-state index >= 15 is 0 Å². The molecule has 0 fully saturated rings. The summed E-state index contributed by atoms with van der Waals surface area (Å²) < 4.78 is 0. The van der Waals surface area contributed by atoms with Crippen LogP contribution in [0.15, 0.2) is 30.3 Å². The Balaban J connectivity index is 2.86. The molecule has 2 atom stereocenters. The normalized spacial score (nSPS) is 13.7. The third kappa shape index (κ3) is 4.48. The van der Waals surface area contributed by atoms with Gasteiger partial charge in [0.1, 0.15) is 0 Å². The molecule has 0 amide bonds. The van der Waals surface area contributed by atoms with Gasteiger partial charge in [-0.15, -0.1) is 0 Å². The summed E-state index contributed by atoms with van der Waals surface area (Å²) in [6.07, 6.45) is 4.55. The molecule has 0 aliphatic rings. The van der Waals surface area contributed by atoms with Crippen LogP contribution in [0.5, 0.6) is 0 Å². The molecule has 0 heterocycles. The first-order valence-corrected chi connectivity index (χ1v) is 7.41. The van der Waals surface area contributed by atoms with E-state index in [1.54, 1.807) is 24.3 Å². The maximum Gasteiger partial charge on any atom is 0.171 e. The average Bonchev–Trinajstić information content (AvgIpc) is 2.46. The predicted molar refractivity (Wildman–Crippen MR) is 77.2 cm³/mol. The first-order chi connectivity index (χ1) is 9.61. The molecular weight excluding hydrogens is 252 g/mol. The second-order valence-corrected chi connectivity index (χ2v) is 5.19. The van der Waals surface area contributed by atoms with Gasteiger partial charge in [0.05, 0.1) is 11.9 Å². The molecule has 3 nitrogen and oxygen atoms in total. The largest absolute Gasteiger partial charge is 0.549 e. The number of carbonyl (C=O) groups is 2. The summed E-state index contributed by atoms with van der Waals surface area (Å²) in [6, 6.07) is 8.63. The maximum absolute atomic E-state index is 12.4. The highest BCUT2D eigenvalue weighted by atomic mass is 16.4. The SMILES string of the molecule is CCCCCC(CC)C(C(=O)[O-])C(=O)c1ccccc1. The van der Waals surface area contributed by atoms with E-state index < -0.39 is 11.9 Å². The molecule has 0 aromatic heterocycles. The van der Waals surface area contributed by atoms with Gasteiger partial charge in [-0.2, -0.15) is 0 Å². The minimum Gasteiger partial charge on any atom is -0.549 e. The molecule has 20 heavy (non-hydrogen) atoms. The van der Waals surface area contributed by atoms with Gasteiger partial charge < -0.3 is 9.90 Å². The van der Waals surface area contributed by atoms with Crippen molar-refractivity contribution in [3.63, 3.8) is 0 Å². The van der Waals surface area contributed by atoms with Crippen LogP contribution in [0.4, 0.5) is 0 Å². The Hall–Kier alpha value is -1.64. The number of Topliss-reactive ketones (excluding diaryl/α,β-unsaturated/α-hetero) is 1. The van der Waals surface area contributed by atoms with Crippen LogP contribution in [0, 0.1) is 11.8 Å². The fourth-order valence-corrected chi connectivity index (χ4v) is 2.56. The molecule has 0 bridgehead atoms. The number of rotatable bonds is 9. The standard InChI is InChI=1S/C17H24O3/c1-3-5-7-10-13(4-2)15(17(19)20)16(18)14-11-8-6-9-12-14/h6,8-9,11-13,15H,3-5,7,10H2,1-2H3,(H,19,20)/p-1. The van der Waals surface area contributed by atoms with Crippen molar-refractivity contribution in [3.05, 3.63) is 35.9 Å². The Morgan fingerprint density at radius 3 is 2.25 bits per heavy atom. The van der Waals surface area contributed by atoms with E-state index in [1.807, 2.05) is 13.0 Å². The lowest BCUT2D eigenvalue weighted by molar-refractivity contribution is -0.310. The second kappa shape index (κ2) is 8.51. The molecule has 0 saturated heterocycles. The summed E-state index contributed by atoms with van der Waals surface area (Å²) in [7, 11) is 0. The van der Waals surface area contributed by atoms with Crippen LogP contribution in [-0.4, -0.2) is 11.8 Å². The zero-order valence-corrected chi connectivity index (χ0v) is 12.3. The van der Waals surface area contributed by atoms with Gasteiger partial charge in [0.25, 0.3) is 0 Å². The van der Waals surface area contributed by atoms with E-state index in [2.05, 4.69) is 6.92 Å². The summed E-state index contributed by atoms with van der Waals surface area (Å²) in [5.74, 6) is -2.74. The molecule has 0 saturated carbocycles. The minimum atomic E-state index is -1.25. The van der Waals surface area contributed by atoms with E-state index in [-0.39, 0.29) is 11.7 Å². The highest BCUT2D eigenvalue weighted by Crippen LogP contribution is 2.26. The molecule has 0 aliphatic heterocycles. The third-order valence-corrected chi connectivity index (χ3v) is 3.77. The zero-order chi connectivity index (χ0) is 15.0. The van der Waals surface area contributed by atoms with E-state index in [0.717, 1.165) is 25.7 Å². The molecular formula is C17H23O3-. The Morgan fingerprint density at radius 2 is 1.75 bits per heavy atom. The molecule has 0 radical (unpaired) electrons. The van der Waals surface area contributed by atoms with Gasteiger partial charge in [0.15, 0.2) is 5.78 Å². The van der Waals surface area contributed by atoms with Crippen LogP contribution in [-0.2, 0) is 4.79 Å². The number of unbranched alkanes of at least 4 members (excludes halogenated alkanes) is 2. The first-order valence-electron chi connectivity index (χ1n) is 7.41. The van der Waals surface area contributed by atoms with Crippen LogP contribution < -0.4 is 5.11 Å². The fraction of sp³-hybridized carbons (Fsp3) is 0.529. The molecule has 0 aliphatic carbocycles. The third-order valence-electron chi connectivity index (χ3n) is 3.77. The Labute approximate surface area is 121 Å². The van der Waals surface area contributed by atoms with Crippen LogP contribution in [0.1, 0.15) is 56.3 Å². The summed E-state index contributed by atoms with van der Waals surface area (Å²) in [4.78, 5) is 23.8. The van der Waals surface area contributed by atoms with Crippen molar-refractivity contribution in [2.75, 3.05) is 0 Å². The van der Waals surface area contributed by atoms with Crippen molar-refractivity contribution in [3.8, 4) is 0 Å². The van der Waals surface area contributed by atoms with Crippen LogP contribution in [0.2, 0.25) is 0 Å². The lowest BCUT2D eigenvalue weighted by atomic mass is 9.81. The highest BCUT2D eigenvalue weighted by molar-refractivity contribution is 6.07. The highest BCUT2D eigenvalue weighted by Gasteiger charge is 2.28. The minimum absolute atomic E-state index is 0.140. The maximum atomic E-state index is 12.4. The van der Waals surface area contributed by atoms with Gasteiger partial charge in [0, 0.05) is 5.56 Å². The van der Waals surface area contributed by atoms with Crippen molar-refractivity contribution in [1.82, 2.24) is 0 Å². The molecule has 1 aromatic rings. The van der Waals surface area contributed by atoms with E-state index in [0.29, 0.717) is 12.0 Å². The van der Waals surface area contributed by atoms with Crippen molar-refractivity contribution < 1.29 is 14.7 Å². The molecule has 1 aromatic carbocycles. The smallest absolute Gasteiger partial charge is 0.171 e. The van der Waals surface area contributed by atoms with E-state index in [1.165, 1.54) is 0 Å². The van der Waals surface area contributed by atoms with Gasteiger partial charge in [0.2, 0.25) is 0 Å². The lowest BCUT2D eigenvalue weighted by Crippen LogP contribution is -2.41. The number of hydrogen-bond acceptors (Lipinski definition) is 3. The fourth-order valence-electron chi connectivity index (χ4n) is 2.56. The van der Waals surface area contributed by atoms with Crippen molar-refractivity contribution >= 4 is 11.8 Å². The van der Waals surface area contributed by atoms with Gasteiger partial charge in [-0.1, -0.05) is 69.9 Å². The number of ketones is 1. The summed E-state index contributed by atoms with van der Waals surface area (Å²) in [6.45, 7) is 4.04. The zero-order valence-electron chi connectivity index (χ0n) is 12.3. The van der Waals surface area contributed by atoms with Gasteiger partial charge in [-0.05, 0) is 12.3 Å². The quantitative estimate of drug-likeness (QED) is 0.395. The van der Waals surface area contributed by atoms with E-state index in [9.17, 15) is 14.7 Å². The van der Waals surface area contributed by atoms with Crippen molar-refractivity contribution in [2.24, 2.45) is 11.8 Å². The summed E-state index contributed by atoms with van der Waals surface area (Å²) in [5.41, 5.74) is 0.454. The molecule has 0 N–H and O–H groups in total. The number of carbonyl (C=O) groups excluding carboxylic acids is 2. The number of carboxylic acids is 1. The average molecular weight is 275 g/mol. The topological polar surface area (TPSA) is 57.2 Å². The van der Waals surface area contributed by atoms with Crippen LogP contribution in [0.25, 0.3) is 0 Å². The van der Waals surface area contributed by atoms with Crippen molar-refractivity contribution in [2.45, 2.75) is 46.0 Å². The van der Waals surface area contributed by atoms with Crippen molar-refractivity contribution in [1.29, 1.82) is 0 Å². The molecule has 3 heteroatoms. The summed E-state index contributed by atoms with van der Waals surface area (Å²) >= 11 is 0. The Morgan fingerprint density at radius 1 is 1.10 bits per heavy atom. The first kappa shape index (κ1) is 16.4. The second-order valence-electron chi connectivity index (χ2n) is 5.19.